The SMILES string of the molecule is CNCc1c(C)c(C)cc2[nH]c(=O)c(=O)[nH]c12. The lowest BCUT2D eigenvalue weighted by Gasteiger charge is -2.12. The molecule has 0 aliphatic rings. The second-order valence-corrected chi connectivity index (χ2v) is 4.16. The summed E-state index contributed by atoms with van der Waals surface area (Å²) in [7, 11) is 1.84. The molecular formula is C12H15N3O2. The van der Waals surface area contributed by atoms with Crippen LogP contribution in [0.3, 0.4) is 0 Å². The van der Waals surface area contributed by atoms with Gasteiger partial charge in [-0.05, 0) is 43.7 Å². The first-order valence-electron chi connectivity index (χ1n) is 5.44. The Hall–Kier alpha value is -1.88. The van der Waals surface area contributed by atoms with Crippen molar-refractivity contribution in [2.45, 2.75) is 20.4 Å². The van der Waals surface area contributed by atoms with E-state index in [1.54, 1.807) is 0 Å². The maximum absolute atomic E-state index is 11.4. The summed E-state index contributed by atoms with van der Waals surface area (Å²) in [4.78, 5) is 27.9. The highest BCUT2D eigenvalue weighted by atomic mass is 16.2. The van der Waals surface area contributed by atoms with Crippen molar-refractivity contribution in [3.8, 4) is 0 Å². The lowest BCUT2D eigenvalue weighted by atomic mass is 10.0. The summed E-state index contributed by atoms with van der Waals surface area (Å²) in [6.45, 7) is 4.63. The number of nitrogens with one attached hydrogen (secondary N) is 3. The van der Waals surface area contributed by atoms with E-state index in [4.69, 9.17) is 0 Å². The number of hydrogen-bond donors (Lipinski definition) is 3. The zero-order valence-corrected chi connectivity index (χ0v) is 10.1. The number of fused-ring (bicyclic) bond motifs is 1. The number of hydrogen-bond acceptors (Lipinski definition) is 3. The number of benzene rings is 1. The molecule has 2 aromatic rings. The van der Waals surface area contributed by atoms with Gasteiger partial charge in [-0.3, -0.25) is 9.59 Å². The summed E-state index contributed by atoms with van der Waals surface area (Å²) in [6, 6.07) is 1.88. The van der Waals surface area contributed by atoms with Gasteiger partial charge in [0.05, 0.1) is 11.0 Å². The third-order valence-corrected chi connectivity index (χ3v) is 3.02. The molecule has 0 saturated heterocycles. The van der Waals surface area contributed by atoms with E-state index in [0.717, 1.165) is 16.7 Å². The molecule has 0 aliphatic heterocycles. The van der Waals surface area contributed by atoms with Gasteiger partial charge in [-0.15, -0.1) is 0 Å². The first-order chi connectivity index (χ1) is 8.04. The van der Waals surface area contributed by atoms with Crippen LogP contribution in [0, 0.1) is 13.8 Å². The smallest absolute Gasteiger partial charge is 0.314 e. The van der Waals surface area contributed by atoms with Gasteiger partial charge in [-0.2, -0.15) is 0 Å². The van der Waals surface area contributed by atoms with Crippen molar-refractivity contribution >= 4 is 11.0 Å². The molecule has 1 heterocycles. The molecule has 1 aromatic carbocycles. The van der Waals surface area contributed by atoms with E-state index >= 15 is 0 Å². The van der Waals surface area contributed by atoms with Crippen LogP contribution < -0.4 is 16.4 Å². The maximum Gasteiger partial charge on any atom is 0.314 e. The molecule has 90 valence electrons. The predicted molar refractivity (Wildman–Crippen MR) is 67.4 cm³/mol. The van der Waals surface area contributed by atoms with Crippen LogP contribution in [0.25, 0.3) is 11.0 Å². The molecule has 0 unspecified atom stereocenters. The highest BCUT2D eigenvalue weighted by Crippen LogP contribution is 2.20. The lowest BCUT2D eigenvalue weighted by molar-refractivity contribution is 0.813. The van der Waals surface area contributed by atoms with Gasteiger partial charge < -0.3 is 15.3 Å². The molecule has 0 aliphatic carbocycles. The van der Waals surface area contributed by atoms with Crippen molar-refractivity contribution in [2.75, 3.05) is 7.05 Å². The Kier molecular flexibility index (Phi) is 2.85. The van der Waals surface area contributed by atoms with Crippen LogP contribution in [0.5, 0.6) is 0 Å². The van der Waals surface area contributed by atoms with Gasteiger partial charge in [-0.25, -0.2) is 0 Å². The number of H-pyrrole nitrogens is 2. The van der Waals surface area contributed by atoms with E-state index in [-0.39, 0.29) is 0 Å². The standard InChI is InChI=1S/C12H15N3O2/c1-6-4-9-10(8(5-13-3)7(6)2)15-12(17)11(16)14-9/h4,13H,5H2,1-3H3,(H,14,16)(H,15,17). The molecular weight excluding hydrogens is 218 g/mol. The van der Waals surface area contributed by atoms with Crippen LogP contribution in [0.4, 0.5) is 0 Å². The van der Waals surface area contributed by atoms with Crippen LogP contribution in [0.1, 0.15) is 16.7 Å². The first-order valence-corrected chi connectivity index (χ1v) is 5.44. The van der Waals surface area contributed by atoms with Crippen molar-refractivity contribution in [2.24, 2.45) is 0 Å². The Labute approximate surface area is 97.9 Å². The molecule has 17 heavy (non-hydrogen) atoms. The summed E-state index contributed by atoms with van der Waals surface area (Å²) in [5.74, 6) is 0. The normalized spacial score (nSPS) is 11.0. The Bertz CT molecular complexity index is 682. The zero-order valence-electron chi connectivity index (χ0n) is 10.1. The Morgan fingerprint density at radius 3 is 2.47 bits per heavy atom. The molecule has 0 spiro atoms. The van der Waals surface area contributed by atoms with Crippen LogP contribution >= 0.6 is 0 Å². The average molecular weight is 233 g/mol. The minimum atomic E-state index is -0.615. The Morgan fingerprint density at radius 1 is 1.18 bits per heavy atom. The average Bonchev–Trinajstić information content (AvgIpc) is 2.28. The maximum atomic E-state index is 11.4. The lowest BCUT2D eigenvalue weighted by Crippen LogP contribution is -2.29. The third kappa shape index (κ3) is 1.89. The van der Waals surface area contributed by atoms with Gasteiger partial charge in [0.15, 0.2) is 0 Å². The largest absolute Gasteiger partial charge is 0.316 e. The minimum absolute atomic E-state index is 0.613. The topological polar surface area (TPSA) is 77.8 Å². The number of rotatable bonds is 2. The minimum Gasteiger partial charge on any atom is -0.316 e. The first kappa shape index (κ1) is 11.6. The molecule has 0 amide bonds. The monoisotopic (exact) mass is 233 g/mol. The second-order valence-electron chi connectivity index (χ2n) is 4.16. The molecule has 3 N–H and O–H groups in total. The second kappa shape index (κ2) is 4.18. The van der Waals surface area contributed by atoms with Crippen molar-refractivity contribution in [3.05, 3.63) is 43.5 Å². The number of aromatic amines is 2. The van der Waals surface area contributed by atoms with Crippen molar-refractivity contribution < 1.29 is 0 Å². The van der Waals surface area contributed by atoms with E-state index in [2.05, 4.69) is 15.3 Å². The molecule has 1 aromatic heterocycles. The molecule has 0 saturated carbocycles. The summed E-state index contributed by atoms with van der Waals surface area (Å²) in [6.07, 6.45) is 0. The predicted octanol–water partition coefficient (Wildman–Crippen LogP) is 0.553. The number of aryl methyl sites for hydroxylation is 1. The van der Waals surface area contributed by atoms with Gasteiger partial charge in [-0.1, -0.05) is 0 Å². The van der Waals surface area contributed by atoms with Crippen molar-refractivity contribution in [1.82, 2.24) is 15.3 Å². The van der Waals surface area contributed by atoms with E-state index in [1.807, 2.05) is 27.0 Å². The van der Waals surface area contributed by atoms with Gasteiger partial charge in [0.1, 0.15) is 0 Å². The fourth-order valence-electron chi connectivity index (χ4n) is 1.97. The summed E-state index contributed by atoms with van der Waals surface area (Å²) in [5.41, 5.74) is 3.36. The summed E-state index contributed by atoms with van der Waals surface area (Å²) >= 11 is 0. The van der Waals surface area contributed by atoms with E-state index in [1.165, 1.54) is 0 Å². The van der Waals surface area contributed by atoms with E-state index < -0.39 is 11.1 Å². The van der Waals surface area contributed by atoms with Crippen LogP contribution in [0.15, 0.2) is 15.7 Å². The molecule has 5 heteroatoms. The van der Waals surface area contributed by atoms with E-state index in [9.17, 15) is 9.59 Å². The molecule has 5 nitrogen and oxygen atoms in total. The molecule has 0 fully saturated rings. The van der Waals surface area contributed by atoms with Gasteiger partial charge in [0.25, 0.3) is 0 Å². The van der Waals surface area contributed by atoms with Gasteiger partial charge in [0, 0.05) is 6.54 Å². The van der Waals surface area contributed by atoms with Crippen LogP contribution in [0.2, 0.25) is 0 Å². The highest BCUT2D eigenvalue weighted by Gasteiger charge is 2.09. The van der Waals surface area contributed by atoms with Crippen molar-refractivity contribution in [1.29, 1.82) is 0 Å². The fraction of sp³-hybridized carbons (Fsp3) is 0.333. The van der Waals surface area contributed by atoms with Gasteiger partial charge in [0.2, 0.25) is 0 Å². The van der Waals surface area contributed by atoms with Gasteiger partial charge >= 0.3 is 11.1 Å². The summed E-state index contributed by atoms with van der Waals surface area (Å²) < 4.78 is 0. The number of aromatic nitrogens is 2. The molecule has 0 radical (unpaired) electrons. The van der Waals surface area contributed by atoms with E-state index in [0.29, 0.717) is 17.6 Å². The van der Waals surface area contributed by atoms with Crippen LogP contribution in [-0.4, -0.2) is 17.0 Å². The van der Waals surface area contributed by atoms with Crippen molar-refractivity contribution in [3.63, 3.8) is 0 Å². The Morgan fingerprint density at radius 2 is 1.82 bits per heavy atom. The fourth-order valence-corrected chi connectivity index (χ4v) is 1.97. The summed E-state index contributed by atoms with van der Waals surface area (Å²) in [5, 5.41) is 3.06. The van der Waals surface area contributed by atoms with Crippen LogP contribution in [-0.2, 0) is 6.54 Å². The molecule has 2 rings (SSSR count). The molecule has 0 atom stereocenters. The quantitative estimate of drug-likeness (QED) is 0.663. The zero-order chi connectivity index (χ0) is 12.6. The third-order valence-electron chi connectivity index (χ3n) is 3.02. The highest BCUT2D eigenvalue weighted by molar-refractivity contribution is 5.80. The molecule has 0 bridgehead atoms. The Balaban J connectivity index is 2.92.